The molecule has 0 aromatic heterocycles. The van der Waals surface area contributed by atoms with Crippen molar-refractivity contribution in [3.63, 3.8) is 0 Å². The lowest BCUT2D eigenvalue weighted by Gasteiger charge is -2.08. The third-order valence-electron chi connectivity index (χ3n) is 2.38. The van der Waals surface area contributed by atoms with Gasteiger partial charge >= 0.3 is 0 Å². The van der Waals surface area contributed by atoms with Gasteiger partial charge in [-0.3, -0.25) is 0 Å². The lowest BCUT2D eigenvalue weighted by molar-refractivity contribution is 0.567. The van der Waals surface area contributed by atoms with Crippen molar-refractivity contribution in [2.45, 2.75) is 31.6 Å². The van der Waals surface area contributed by atoms with Gasteiger partial charge in [-0.2, -0.15) is 0 Å². The largest absolute Gasteiger partial charge is 0.385 e. The van der Waals surface area contributed by atoms with Gasteiger partial charge in [0.1, 0.15) is 0 Å². The molecule has 1 aromatic carbocycles. The van der Waals surface area contributed by atoms with Crippen molar-refractivity contribution in [1.29, 1.82) is 0 Å². The predicted molar refractivity (Wildman–Crippen MR) is 70.8 cm³/mol. The number of hydrogen-bond donors (Lipinski definition) is 1. The number of nitrogens with one attached hydrogen (secondary N) is 1. The van der Waals surface area contributed by atoms with E-state index in [1.807, 2.05) is 0 Å². The van der Waals surface area contributed by atoms with Crippen LogP contribution in [-0.2, 0) is 0 Å². The molecule has 0 aliphatic heterocycles. The number of rotatable bonds is 6. The first-order valence-corrected chi connectivity index (χ1v) is 6.82. The monoisotopic (exact) mass is 223 g/mol. The fraction of sp³-hybridized carbons (Fsp3) is 0.538. The number of benzene rings is 1. The van der Waals surface area contributed by atoms with E-state index in [-0.39, 0.29) is 0 Å². The van der Waals surface area contributed by atoms with Gasteiger partial charge in [0.25, 0.3) is 0 Å². The molecule has 0 spiro atoms. The second-order valence-corrected chi connectivity index (χ2v) is 5.07. The SMILES string of the molecule is CSc1ccc(NCCCC(C)C)cc1. The van der Waals surface area contributed by atoms with Gasteiger partial charge in [0.05, 0.1) is 0 Å². The molecule has 0 amide bonds. The highest BCUT2D eigenvalue weighted by molar-refractivity contribution is 7.98. The summed E-state index contributed by atoms with van der Waals surface area (Å²) < 4.78 is 0. The molecule has 0 unspecified atom stereocenters. The standard InChI is InChI=1S/C13H21NS/c1-11(2)5-4-10-14-12-6-8-13(15-3)9-7-12/h6-9,11,14H,4-5,10H2,1-3H3. The molecule has 0 radical (unpaired) electrons. The maximum absolute atomic E-state index is 3.44. The average molecular weight is 223 g/mol. The Labute approximate surface area is 97.7 Å². The molecule has 1 aromatic rings. The van der Waals surface area contributed by atoms with Crippen molar-refractivity contribution < 1.29 is 0 Å². The maximum Gasteiger partial charge on any atom is 0.0340 e. The topological polar surface area (TPSA) is 12.0 Å². The molecular formula is C13H21NS. The molecule has 0 saturated carbocycles. The Balaban J connectivity index is 2.25. The first-order valence-electron chi connectivity index (χ1n) is 5.60. The summed E-state index contributed by atoms with van der Waals surface area (Å²) in [7, 11) is 0. The smallest absolute Gasteiger partial charge is 0.0340 e. The molecule has 2 heteroatoms. The Morgan fingerprint density at radius 2 is 1.87 bits per heavy atom. The van der Waals surface area contributed by atoms with Crippen LogP contribution in [0.15, 0.2) is 29.2 Å². The second kappa shape index (κ2) is 6.78. The highest BCUT2D eigenvalue weighted by Gasteiger charge is 1.95. The van der Waals surface area contributed by atoms with Crippen LogP contribution in [0.2, 0.25) is 0 Å². The first kappa shape index (κ1) is 12.4. The van der Waals surface area contributed by atoms with Gasteiger partial charge < -0.3 is 5.32 Å². The molecule has 0 saturated heterocycles. The fourth-order valence-corrected chi connectivity index (χ4v) is 1.86. The summed E-state index contributed by atoms with van der Waals surface area (Å²) in [6.45, 7) is 5.62. The molecular weight excluding hydrogens is 202 g/mol. The quantitative estimate of drug-likeness (QED) is 0.571. The van der Waals surface area contributed by atoms with Crippen molar-refractivity contribution in [2.24, 2.45) is 5.92 Å². The van der Waals surface area contributed by atoms with Gasteiger partial charge in [-0.25, -0.2) is 0 Å². The van der Waals surface area contributed by atoms with E-state index in [9.17, 15) is 0 Å². The van der Waals surface area contributed by atoms with Gasteiger partial charge in [0, 0.05) is 17.1 Å². The molecule has 1 nitrogen and oxygen atoms in total. The lowest BCUT2D eigenvalue weighted by Crippen LogP contribution is -2.02. The first-order chi connectivity index (χ1) is 7.22. The van der Waals surface area contributed by atoms with E-state index in [0.29, 0.717) is 0 Å². The highest BCUT2D eigenvalue weighted by atomic mass is 32.2. The maximum atomic E-state index is 3.44. The van der Waals surface area contributed by atoms with Crippen LogP contribution < -0.4 is 5.32 Å². The van der Waals surface area contributed by atoms with Crippen LogP contribution in [0, 0.1) is 5.92 Å². The Morgan fingerprint density at radius 3 is 2.40 bits per heavy atom. The Bertz CT molecular complexity index is 266. The molecule has 84 valence electrons. The summed E-state index contributed by atoms with van der Waals surface area (Å²) in [5.41, 5.74) is 1.23. The van der Waals surface area contributed by atoms with Gasteiger partial charge in [0.2, 0.25) is 0 Å². The zero-order valence-electron chi connectivity index (χ0n) is 9.92. The van der Waals surface area contributed by atoms with E-state index in [1.165, 1.54) is 23.4 Å². The van der Waals surface area contributed by atoms with Gasteiger partial charge in [-0.05, 0) is 49.3 Å². The zero-order valence-corrected chi connectivity index (χ0v) is 10.7. The van der Waals surface area contributed by atoms with Crippen molar-refractivity contribution in [3.05, 3.63) is 24.3 Å². The lowest BCUT2D eigenvalue weighted by atomic mass is 10.1. The summed E-state index contributed by atoms with van der Waals surface area (Å²) in [6, 6.07) is 8.63. The molecule has 0 atom stereocenters. The molecule has 1 N–H and O–H groups in total. The van der Waals surface area contributed by atoms with E-state index < -0.39 is 0 Å². The van der Waals surface area contributed by atoms with Crippen molar-refractivity contribution in [3.8, 4) is 0 Å². The summed E-state index contributed by atoms with van der Waals surface area (Å²) in [5.74, 6) is 0.811. The van der Waals surface area contributed by atoms with Crippen molar-refractivity contribution in [2.75, 3.05) is 18.1 Å². The normalized spacial score (nSPS) is 10.7. The minimum absolute atomic E-state index is 0.811. The average Bonchev–Trinajstić information content (AvgIpc) is 2.25. The number of anilines is 1. The Kier molecular flexibility index (Phi) is 5.62. The van der Waals surface area contributed by atoms with E-state index in [1.54, 1.807) is 11.8 Å². The molecule has 15 heavy (non-hydrogen) atoms. The minimum atomic E-state index is 0.811. The van der Waals surface area contributed by atoms with E-state index in [2.05, 4.69) is 49.7 Å². The zero-order chi connectivity index (χ0) is 11.1. The van der Waals surface area contributed by atoms with Crippen LogP contribution in [0.1, 0.15) is 26.7 Å². The third kappa shape index (κ3) is 5.12. The van der Waals surface area contributed by atoms with E-state index in [4.69, 9.17) is 0 Å². The van der Waals surface area contributed by atoms with Gasteiger partial charge in [0.15, 0.2) is 0 Å². The summed E-state index contributed by atoms with van der Waals surface area (Å²) >= 11 is 1.78. The highest BCUT2D eigenvalue weighted by Crippen LogP contribution is 2.17. The van der Waals surface area contributed by atoms with Crippen LogP contribution in [0.3, 0.4) is 0 Å². The minimum Gasteiger partial charge on any atom is -0.385 e. The number of thioether (sulfide) groups is 1. The summed E-state index contributed by atoms with van der Waals surface area (Å²) in [5, 5.41) is 3.44. The molecule has 0 aliphatic carbocycles. The van der Waals surface area contributed by atoms with Crippen LogP contribution in [0.25, 0.3) is 0 Å². The van der Waals surface area contributed by atoms with Crippen LogP contribution >= 0.6 is 11.8 Å². The number of hydrogen-bond acceptors (Lipinski definition) is 2. The Hall–Kier alpha value is -0.630. The van der Waals surface area contributed by atoms with Crippen LogP contribution in [-0.4, -0.2) is 12.8 Å². The molecule has 1 rings (SSSR count). The Morgan fingerprint density at radius 1 is 1.20 bits per heavy atom. The predicted octanol–water partition coefficient (Wildman–Crippen LogP) is 4.26. The van der Waals surface area contributed by atoms with Gasteiger partial charge in [-0.15, -0.1) is 11.8 Å². The van der Waals surface area contributed by atoms with Gasteiger partial charge in [-0.1, -0.05) is 13.8 Å². The second-order valence-electron chi connectivity index (χ2n) is 4.19. The summed E-state index contributed by atoms with van der Waals surface area (Å²) in [6.07, 6.45) is 4.66. The van der Waals surface area contributed by atoms with Crippen LogP contribution in [0.5, 0.6) is 0 Å². The molecule has 0 heterocycles. The molecule has 0 bridgehead atoms. The van der Waals surface area contributed by atoms with Crippen LogP contribution in [0.4, 0.5) is 5.69 Å². The fourth-order valence-electron chi connectivity index (χ4n) is 1.45. The summed E-state index contributed by atoms with van der Waals surface area (Å²) in [4.78, 5) is 1.32. The molecule has 0 aliphatic rings. The third-order valence-corrected chi connectivity index (χ3v) is 3.12. The van der Waals surface area contributed by atoms with Crippen molar-refractivity contribution in [1.82, 2.24) is 0 Å². The van der Waals surface area contributed by atoms with E-state index in [0.717, 1.165) is 12.5 Å². The van der Waals surface area contributed by atoms with Crippen molar-refractivity contribution >= 4 is 17.4 Å². The molecule has 0 fully saturated rings. The van der Waals surface area contributed by atoms with E-state index >= 15 is 0 Å².